The molecule has 3 aromatic carbocycles. The van der Waals surface area contributed by atoms with Gasteiger partial charge in [0.1, 0.15) is 11.2 Å². The van der Waals surface area contributed by atoms with Crippen molar-refractivity contribution in [1.29, 1.82) is 0 Å². The molecular weight excluding hydrogens is 425 g/mol. The maximum Gasteiger partial charge on any atom is 0.271 e. The Morgan fingerprint density at radius 2 is 1.78 bits per heavy atom. The van der Waals surface area contributed by atoms with E-state index >= 15 is 0 Å². The third-order valence-corrected chi connectivity index (χ3v) is 6.42. The fourth-order valence-corrected chi connectivity index (χ4v) is 4.66. The predicted molar refractivity (Wildman–Crippen MR) is 125 cm³/mol. The van der Waals surface area contributed by atoms with Crippen molar-refractivity contribution in [3.05, 3.63) is 107 Å². The number of hydrazone groups is 1. The van der Waals surface area contributed by atoms with Crippen molar-refractivity contribution in [2.75, 3.05) is 12.3 Å². The van der Waals surface area contributed by atoms with E-state index in [-0.39, 0.29) is 23.0 Å². The van der Waals surface area contributed by atoms with Gasteiger partial charge in [-0.05, 0) is 47.4 Å². The van der Waals surface area contributed by atoms with E-state index in [0.717, 1.165) is 12.0 Å². The summed E-state index contributed by atoms with van der Waals surface area (Å²) >= 11 is 1.60. The molecule has 5 nitrogen and oxygen atoms in total. The number of carbonyl (C=O) groups excluding carboxylic acids is 2. The zero-order valence-corrected chi connectivity index (χ0v) is 18.1. The van der Waals surface area contributed by atoms with Gasteiger partial charge in [-0.25, -0.2) is 9.82 Å². The lowest BCUT2D eigenvalue weighted by atomic mass is 10.1. The Kier molecular flexibility index (Phi) is 6.97. The van der Waals surface area contributed by atoms with Crippen molar-refractivity contribution in [3.63, 3.8) is 0 Å². The Labute approximate surface area is 190 Å². The first-order valence-corrected chi connectivity index (χ1v) is 11.3. The minimum atomic E-state index is -0.342. The second-order valence-corrected chi connectivity index (χ2v) is 8.43. The lowest BCUT2D eigenvalue weighted by Crippen LogP contribution is -2.30. The highest BCUT2D eigenvalue weighted by atomic mass is 32.2. The topological polar surface area (TPSA) is 61.8 Å². The van der Waals surface area contributed by atoms with Crippen LogP contribution in [-0.2, 0) is 11.2 Å². The second-order valence-electron chi connectivity index (χ2n) is 7.36. The van der Waals surface area contributed by atoms with Crippen LogP contribution in [0, 0.1) is 5.82 Å². The van der Waals surface area contributed by atoms with Gasteiger partial charge in [-0.2, -0.15) is 5.10 Å². The third kappa shape index (κ3) is 5.42. The van der Waals surface area contributed by atoms with Crippen molar-refractivity contribution >= 4 is 29.8 Å². The zero-order chi connectivity index (χ0) is 22.3. The van der Waals surface area contributed by atoms with Gasteiger partial charge in [-0.3, -0.25) is 9.59 Å². The molecule has 2 amide bonds. The lowest BCUT2D eigenvalue weighted by molar-refractivity contribution is -0.128. The summed E-state index contributed by atoms with van der Waals surface area (Å²) in [7, 11) is 0. The van der Waals surface area contributed by atoms with Gasteiger partial charge >= 0.3 is 0 Å². The number of halogens is 1. The molecule has 32 heavy (non-hydrogen) atoms. The van der Waals surface area contributed by atoms with Gasteiger partial charge in [0.15, 0.2) is 0 Å². The fourth-order valence-electron chi connectivity index (χ4n) is 3.44. The molecule has 0 radical (unpaired) electrons. The van der Waals surface area contributed by atoms with Gasteiger partial charge in [0.25, 0.3) is 5.91 Å². The van der Waals surface area contributed by atoms with Crippen LogP contribution in [-0.4, -0.2) is 35.2 Å². The Balaban J connectivity index is 1.36. The molecule has 0 aromatic heterocycles. The Bertz CT molecular complexity index is 1100. The molecule has 1 atom stereocenters. The van der Waals surface area contributed by atoms with Crippen LogP contribution in [0.15, 0.2) is 84.0 Å². The minimum Gasteiger partial charge on any atom is -0.326 e. The summed E-state index contributed by atoms with van der Waals surface area (Å²) in [6.45, 7) is 0.654. The standard InChI is InChI=1S/C25H22FN3O2S/c26-22-12-6-19(7-13-22)16-27-28-24(31)20-8-10-21(11-9-20)25-29(23(30)17-32-25)15-14-18-4-2-1-3-5-18/h1-13,16,25H,14-15,17H2,(H,28,31)/b27-16-/t25-/m1/s1. The van der Waals surface area contributed by atoms with Crippen molar-refractivity contribution < 1.29 is 14.0 Å². The van der Waals surface area contributed by atoms with Crippen molar-refractivity contribution in [3.8, 4) is 0 Å². The van der Waals surface area contributed by atoms with Gasteiger partial charge in [-0.15, -0.1) is 11.8 Å². The van der Waals surface area contributed by atoms with Crippen LogP contribution in [0.1, 0.15) is 32.4 Å². The summed E-state index contributed by atoms with van der Waals surface area (Å²) < 4.78 is 12.9. The summed E-state index contributed by atoms with van der Waals surface area (Å²) in [6, 6.07) is 23.1. The molecule has 1 N–H and O–H groups in total. The number of hydrogen-bond acceptors (Lipinski definition) is 4. The number of rotatable bonds is 7. The number of carbonyl (C=O) groups is 2. The predicted octanol–water partition coefficient (Wildman–Crippen LogP) is 4.41. The molecule has 1 saturated heterocycles. The fraction of sp³-hybridized carbons (Fsp3) is 0.160. The summed E-state index contributed by atoms with van der Waals surface area (Å²) in [5.41, 5.74) is 5.81. The maximum absolute atomic E-state index is 12.9. The first-order valence-electron chi connectivity index (χ1n) is 10.2. The van der Waals surface area contributed by atoms with E-state index in [1.165, 1.54) is 23.9 Å². The summed E-state index contributed by atoms with van der Waals surface area (Å²) in [5.74, 6) is -0.0781. The number of benzene rings is 3. The molecule has 3 aromatic rings. The molecule has 0 bridgehead atoms. The van der Waals surface area contributed by atoms with E-state index in [1.54, 1.807) is 36.0 Å². The molecule has 0 aliphatic carbocycles. The van der Waals surface area contributed by atoms with Crippen LogP contribution >= 0.6 is 11.8 Å². The smallest absolute Gasteiger partial charge is 0.271 e. The van der Waals surface area contributed by atoms with Gasteiger partial charge < -0.3 is 4.90 Å². The van der Waals surface area contributed by atoms with Crippen molar-refractivity contribution in [2.24, 2.45) is 5.10 Å². The molecule has 1 aliphatic heterocycles. The van der Waals surface area contributed by atoms with E-state index in [4.69, 9.17) is 0 Å². The van der Waals surface area contributed by atoms with Crippen molar-refractivity contribution in [2.45, 2.75) is 11.8 Å². The lowest BCUT2D eigenvalue weighted by Gasteiger charge is -2.24. The molecule has 0 spiro atoms. The largest absolute Gasteiger partial charge is 0.326 e. The third-order valence-electron chi connectivity index (χ3n) is 5.16. The van der Waals surface area contributed by atoms with E-state index in [9.17, 15) is 14.0 Å². The normalized spacial score (nSPS) is 16.0. The second kappa shape index (κ2) is 10.2. The zero-order valence-electron chi connectivity index (χ0n) is 17.3. The summed E-state index contributed by atoms with van der Waals surface area (Å²) in [4.78, 5) is 26.7. The average Bonchev–Trinajstić information content (AvgIpc) is 3.20. The highest BCUT2D eigenvalue weighted by Crippen LogP contribution is 2.38. The van der Waals surface area contributed by atoms with Gasteiger partial charge in [0.05, 0.1) is 12.0 Å². The van der Waals surface area contributed by atoms with E-state index in [2.05, 4.69) is 22.7 Å². The number of amides is 2. The Morgan fingerprint density at radius 1 is 1.06 bits per heavy atom. The highest BCUT2D eigenvalue weighted by Gasteiger charge is 2.32. The van der Waals surface area contributed by atoms with Crippen LogP contribution in [0.4, 0.5) is 4.39 Å². The first kappa shape index (κ1) is 21.8. The molecule has 4 rings (SSSR count). The number of nitrogens with one attached hydrogen (secondary N) is 1. The highest BCUT2D eigenvalue weighted by molar-refractivity contribution is 8.00. The van der Waals surface area contributed by atoms with E-state index in [0.29, 0.717) is 23.4 Å². The molecule has 1 aliphatic rings. The van der Waals surface area contributed by atoms with Gasteiger partial charge in [0.2, 0.25) is 5.91 Å². The van der Waals surface area contributed by atoms with Gasteiger partial charge in [0, 0.05) is 12.1 Å². The van der Waals surface area contributed by atoms with Crippen LogP contribution in [0.5, 0.6) is 0 Å². The number of nitrogens with zero attached hydrogens (tertiary/aromatic N) is 2. The molecule has 1 heterocycles. The quantitative estimate of drug-likeness (QED) is 0.431. The molecule has 162 valence electrons. The molecule has 1 fully saturated rings. The SMILES string of the molecule is O=C(N/N=C\c1ccc(F)cc1)c1ccc([C@H]2SCC(=O)N2CCc2ccccc2)cc1. The van der Waals surface area contributed by atoms with Crippen LogP contribution < -0.4 is 5.43 Å². The monoisotopic (exact) mass is 447 g/mol. The average molecular weight is 448 g/mol. The van der Waals surface area contributed by atoms with Crippen LogP contribution in [0.25, 0.3) is 0 Å². The van der Waals surface area contributed by atoms with E-state index < -0.39 is 0 Å². The van der Waals surface area contributed by atoms with Crippen molar-refractivity contribution in [1.82, 2.24) is 10.3 Å². The van der Waals surface area contributed by atoms with E-state index in [1.807, 2.05) is 35.2 Å². The van der Waals surface area contributed by atoms with Crippen LogP contribution in [0.3, 0.4) is 0 Å². The Hall–Kier alpha value is -3.45. The van der Waals surface area contributed by atoms with Crippen LogP contribution in [0.2, 0.25) is 0 Å². The maximum atomic E-state index is 12.9. The molecule has 0 saturated carbocycles. The molecule has 7 heteroatoms. The summed E-state index contributed by atoms with van der Waals surface area (Å²) in [6.07, 6.45) is 2.26. The molecular formula is C25H22FN3O2S. The first-order chi connectivity index (χ1) is 15.6. The number of thioether (sulfide) groups is 1. The minimum absolute atomic E-state index is 0.0557. The summed E-state index contributed by atoms with van der Waals surface area (Å²) in [5, 5.41) is 3.86. The molecule has 0 unspecified atom stereocenters. The Morgan fingerprint density at radius 3 is 2.50 bits per heavy atom. The van der Waals surface area contributed by atoms with Gasteiger partial charge in [-0.1, -0.05) is 54.6 Å². The number of hydrogen-bond donors (Lipinski definition) is 1.